The monoisotopic (exact) mass is 303 g/mol. The number of nitrogens with one attached hydrogen (secondary N) is 1. The highest BCUT2D eigenvalue weighted by atomic mass is 79.9. The number of rotatable bonds is 3. The zero-order valence-electron chi connectivity index (χ0n) is 8.53. The molecule has 0 aromatic heterocycles. The zero-order chi connectivity index (χ0) is 12.2. The molecule has 1 N–H and O–H groups in total. The number of halogens is 1. The highest BCUT2D eigenvalue weighted by Crippen LogP contribution is 2.10. The minimum atomic E-state index is -3.52. The summed E-state index contributed by atoms with van der Waals surface area (Å²) in [4.78, 5) is 11.5. The lowest BCUT2D eigenvalue weighted by Gasteiger charge is -2.03. The van der Waals surface area contributed by atoms with Gasteiger partial charge in [-0.1, -0.05) is 6.08 Å². The van der Waals surface area contributed by atoms with E-state index in [0.717, 1.165) is 0 Å². The van der Waals surface area contributed by atoms with Gasteiger partial charge in [0.05, 0.1) is 10.2 Å². The minimum absolute atomic E-state index is 0.134. The third-order valence-electron chi connectivity index (χ3n) is 1.77. The number of hydrogen-bond acceptors (Lipinski definition) is 3. The predicted octanol–water partition coefficient (Wildman–Crippen LogP) is 1.38. The fourth-order valence-corrected chi connectivity index (χ4v) is 1.70. The number of sulfonamides is 1. The first-order valence-electron chi connectivity index (χ1n) is 4.50. The smallest absolute Gasteiger partial charge is 0.265 e. The van der Waals surface area contributed by atoms with Crippen molar-refractivity contribution in [1.29, 1.82) is 0 Å². The van der Waals surface area contributed by atoms with Crippen LogP contribution in [0.1, 0.15) is 6.92 Å². The maximum Gasteiger partial charge on any atom is 0.265 e. The minimum Gasteiger partial charge on any atom is -0.268 e. The standard InChI is InChI=1S/C10H10BrNO3S/c1-2-16(14,15)12-10(13)8-4-3-5-9(11)7-6-8/h3-6H,2H2,1H3,(H,12,13). The molecule has 1 amide bonds. The molecule has 86 valence electrons. The molecule has 0 saturated carbocycles. The second kappa shape index (κ2) is 5.30. The van der Waals surface area contributed by atoms with E-state index in [0.29, 0.717) is 4.48 Å². The molecule has 0 aliphatic heterocycles. The van der Waals surface area contributed by atoms with E-state index >= 15 is 0 Å². The SMILES string of the molecule is CCS(=O)(=O)NC(=O)C1=CC=CC(Br)=C=C1. The molecule has 0 heterocycles. The highest BCUT2D eigenvalue weighted by Gasteiger charge is 2.14. The number of allylic oxidation sites excluding steroid dienone is 3. The van der Waals surface area contributed by atoms with Crippen molar-refractivity contribution >= 4 is 31.9 Å². The highest BCUT2D eigenvalue weighted by molar-refractivity contribution is 9.11. The number of carbonyl (C=O) groups is 1. The van der Waals surface area contributed by atoms with E-state index in [1.54, 1.807) is 12.2 Å². The number of carbonyl (C=O) groups excluding carboxylic acids is 1. The molecule has 4 nitrogen and oxygen atoms in total. The van der Waals surface area contributed by atoms with E-state index in [-0.39, 0.29) is 11.3 Å². The Bertz CT molecular complexity index is 522. The van der Waals surface area contributed by atoms with Crippen LogP contribution in [0.25, 0.3) is 0 Å². The van der Waals surface area contributed by atoms with Crippen LogP contribution in [0.4, 0.5) is 0 Å². The van der Waals surface area contributed by atoms with Gasteiger partial charge in [-0.15, -0.1) is 5.73 Å². The topological polar surface area (TPSA) is 63.2 Å². The van der Waals surface area contributed by atoms with Gasteiger partial charge in [0.1, 0.15) is 0 Å². The van der Waals surface area contributed by atoms with Crippen molar-refractivity contribution in [3.63, 3.8) is 0 Å². The fourth-order valence-electron chi connectivity index (χ4n) is 0.893. The molecule has 1 aliphatic carbocycles. The van der Waals surface area contributed by atoms with Crippen LogP contribution < -0.4 is 4.72 Å². The first-order chi connectivity index (χ1) is 7.44. The van der Waals surface area contributed by atoms with Crippen LogP contribution in [0, 0.1) is 0 Å². The molecular weight excluding hydrogens is 294 g/mol. The van der Waals surface area contributed by atoms with Crippen molar-refractivity contribution in [2.24, 2.45) is 0 Å². The third-order valence-corrected chi connectivity index (χ3v) is 3.52. The molecule has 0 unspecified atom stereocenters. The Balaban J connectivity index is 2.89. The van der Waals surface area contributed by atoms with Crippen LogP contribution in [-0.2, 0) is 14.8 Å². The molecule has 0 atom stereocenters. The van der Waals surface area contributed by atoms with Crippen molar-refractivity contribution in [1.82, 2.24) is 4.72 Å². The molecule has 0 saturated heterocycles. The average Bonchev–Trinajstić information content (AvgIpc) is 2.42. The van der Waals surface area contributed by atoms with Gasteiger partial charge in [0, 0.05) is 5.57 Å². The molecule has 16 heavy (non-hydrogen) atoms. The van der Waals surface area contributed by atoms with E-state index in [1.807, 2.05) is 4.72 Å². The molecule has 1 rings (SSSR count). The van der Waals surface area contributed by atoms with Crippen LogP contribution in [0.3, 0.4) is 0 Å². The van der Waals surface area contributed by atoms with Crippen LogP contribution in [0.15, 0.2) is 40.1 Å². The van der Waals surface area contributed by atoms with Gasteiger partial charge in [-0.2, -0.15) is 0 Å². The Kier molecular flexibility index (Phi) is 4.29. The third kappa shape index (κ3) is 3.81. The second-order valence-corrected chi connectivity index (χ2v) is 5.82. The second-order valence-electron chi connectivity index (χ2n) is 2.95. The Morgan fingerprint density at radius 1 is 1.56 bits per heavy atom. The normalized spacial score (nSPS) is 15.1. The van der Waals surface area contributed by atoms with Crippen LogP contribution >= 0.6 is 15.9 Å². The van der Waals surface area contributed by atoms with Crippen molar-refractivity contribution < 1.29 is 13.2 Å². The summed E-state index contributed by atoms with van der Waals surface area (Å²) >= 11 is 3.19. The van der Waals surface area contributed by atoms with Crippen LogP contribution in [0.2, 0.25) is 0 Å². The van der Waals surface area contributed by atoms with Gasteiger partial charge in [-0.05, 0) is 41.1 Å². The summed E-state index contributed by atoms with van der Waals surface area (Å²) in [6, 6.07) is 0. The van der Waals surface area contributed by atoms with Gasteiger partial charge in [0.25, 0.3) is 5.91 Å². The van der Waals surface area contributed by atoms with Gasteiger partial charge in [0.2, 0.25) is 10.0 Å². The summed E-state index contributed by atoms with van der Waals surface area (Å²) in [5.74, 6) is -0.785. The van der Waals surface area contributed by atoms with Gasteiger partial charge in [-0.25, -0.2) is 13.1 Å². The molecule has 0 fully saturated rings. The first kappa shape index (κ1) is 13.0. The summed E-state index contributed by atoms with van der Waals surface area (Å²) in [6.07, 6.45) is 6.27. The molecular formula is C10H10BrNO3S. The largest absolute Gasteiger partial charge is 0.268 e. The van der Waals surface area contributed by atoms with Gasteiger partial charge < -0.3 is 0 Å². The Labute approximate surface area is 103 Å². The predicted molar refractivity (Wildman–Crippen MR) is 65.3 cm³/mol. The van der Waals surface area contributed by atoms with Crippen molar-refractivity contribution in [3.8, 4) is 0 Å². The molecule has 0 spiro atoms. The summed E-state index contributed by atoms with van der Waals surface area (Å²) in [6.45, 7) is 1.46. The van der Waals surface area contributed by atoms with Gasteiger partial charge in [-0.3, -0.25) is 4.79 Å². The van der Waals surface area contributed by atoms with Crippen molar-refractivity contribution in [2.75, 3.05) is 5.75 Å². The summed E-state index contributed by atoms with van der Waals surface area (Å²) in [7, 11) is -3.52. The van der Waals surface area contributed by atoms with E-state index in [9.17, 15) is 13.2 Å². The van der Waals surface area contributed by atoms with Crippen molar-refractivity contribution in [2.45, 2.75) is 6.92 Å². The van der Waals surface area contributed by atoms with Gasteiger partial charge >= 0.3 is 0 Å². The lowest BCUT2D eigenvalue weighted by molar-refractivity contribution is -0.115. The van der Waals surface area contributed by atoms with Gasteiger partial charge in [0.15, 0.2) is 0 Å². The molecule has 0 aromatic rings. The molecule has 1 aliphatic rings. The average molecular weight is 304 g/mol. The maximum atomic E-state index is 11.5. The van der Waals surface area contributed by atoms with Crippen molar-refractivity contribution in [3.05, 3.63) is 40.1 Å². The lowest BCUT2D eigenvalue weighted by atomic mass is 10.2. The van der Waals surface area contributed by atoms with E-state index < -0.39 is 15.9 Å². The molecule has 0 radical (unpaired) electrons. The Morgan fingerprint density at radius 2 is 2.25 bits per heavy atom. The summed E-state index contributed by atoms with van der Waals surface area (Å²) in [5.41, 5.74) is 3.02. The summed E-state index contributed by atoms with van der Waals surface area (Å²) in [5, 5.41) is 0. The Hall–Kier alpha value is -1.10. The van der Waals surface area contributed by atoms with Crippen LogP contribution in [-0.4, -0.2) is 20.1 Å². The molecule has 0 bridgehead atoms. The molecule has 0 aromatic carbocycles. The first-order valence-corrected chi connectivity index (χ1v) is 6.94. The summed E-state index contributed by atoms with van der Waals surface area (Å²) < 4.78 is 25.0. The van der Waals surface area contributed by atoms with Crippen LogP contribution in [0.5, 0.6) is 0 Å². The van der Waals surface area contributed by atoms with E-state index in [2.05, 4.69) is 21.7 Å². The number of hydrogen-bond donors (Lipinski definition) is 1. The number of amides is 1. The lowest BCUT2D eigenvalue weighted by Crippen LogP contribution is -2.32. The molecule has 6 heteroatoms. The quantitative estimate of drug-likeness (QED) is 0.801. The fraction of sp³-hybridized carbons (Fsp3) is 0.200. The maximum absolute atomic E-state index is 11.5. The van der Waals surface area contributed by atoms with E-state index in [4.69, 9.17) is 0 Å². The zero-order valence-corrected chi connectivity index (χ0v) is 10.9. The Morgan fingerprint density at radius 3 is 2.88 bits per heavy atom. The van der Waals surface area contributed by atoms with E-state index in [1.165, 1.54) is 19.1 Å².